The zero-order chi connectivity index (χ0) is 18.6. The van der Waals surface area contributed by atoms with Crippen molar-refractivity contribution in [2.24, 2.45) is 0 Å². The van der Waals surface area contributed by atoms with Gasteiger partial charge < -0.3 is 19.1 Å². The number of carbonyl (C=O) groups is 2. The van der Waals surface area contributed by atoms with Crippen molar-refractivity contribution in [3.63, 3.8) is 0 Å². The van der Waals surface area contributed by atoms with Crippen LogP contribution in [0.1, 0.15) is 40.2 Å². The maximum atomic E-state index is 12.9. The van der Waals surface area contributed by atoms with Gasteiger partial charge in [-0.2, -0.15) is 0 Å². The summed E-state index contributed by atoms with van der Waals surface area (Å²) in [6.07, 6.45) is 6.82. The van der Waals surface area contributed by atoms with Crippen molar-refractivity contribution < 1.29 is 14.0 Å². The van der Waals surface area contributed by atoms with E-state index in [1.165, 1.54) is 25.5 Å². The Morgan fingerprint density at radius 2 is 1.59 bits per heavy atom. The number of rotatable bonds is 3. The normalized spacial score (nSPS) is 17.9. The summed E-state index contributed by atoms with van der Waals surface area (Å²) < 4.78 is 5.18. The predicted octanol–water partition coefficient (Wildman–Crippen LogP) is 2.26. The number of pyridine rings is 1. The molecule has 0 spiro atoms. The molecule has 0 bridgehead atoms. The van der Waals surface area contributed by atoms with Crippen molar-refractivity contribution in [2.75, 3.05) is 44.2 Å². The van der Waals surface area contributed by atoms with Gasteiger partial charge in [0.2, 0.25) is 0 Å². The lowest BCUT2D eigenvalue weighted by atomic mass is 10.1. The topological polar surface area (TPSA) is 69.9 Å². The Bertz CT molecular complexity index is 791. The van der Waals surface area contributed by atoms with Crippen LogP contribution in [0.3, 0.4) is 0 Å². The minimum absolute atomic E-state index is 0.000701. The van der Waals surface area contributed by atoms with Gasteiger partial charge in [0.05, 0.1) is 6.26 Å². The first-order valence-corrected chi connectivity index (χ1v) is 9.55. The third-order valence-electron chi connectivity index (χ3n) is 5.26. The van der Waals surface area contributed by atoms with Crippen LogP contribution in [0.15, 0.2) is 41.1 Å². The molecule has 2 saturated heterocycles. The van der Waals surface area contributed by atoms with E-state index in [0.717, 1.165) is 18.9 Å². The van der Waals surface area contributed by atoms with E-state index in [-0.39, 0.29) is 11.8 Å². The average Bonchev–Trinajstić information content (AvgIpc) is 3.28. The number of carbonyl (C=O) groups excluding carboxylic acids is 2. The van der Waals surface area contributed by atoms with Crippen molar-refractivity contribution in [1.82, 2.24) is 14.8 Å². The number of piperidine rings is 1. The highest BCUT2D eigenvalue weighted by atomic mass is 16.3. The monoisotopic (exact) mass is 368 g/mol. The van der Waals surface area contributed by atoms with Crippen LogP contribution in [-0.2, 0) is 0 Å². The molecule has 142 valence electrons. The van der Waals surface area contributed by atoms with E-state index in [9.17, 15) is 9.59 Å². The van der Waals surface area contributed by atoms with Crippen LogP contribution < -0.4 is 4.90 Å². The van der Waals surface area contributed by atoms with Gasteiger partial charge in [0.25, 0.3) is 11.8 Å². The van der Waals surface area contributed by atoms with E-state index < -0.39 is 0 Å². The Hall–Kier alpha value is -2.83. The molecule has 2 amide bonds. The van der Waals surface area contributed by atoms with Gasteiger partial charge in [-0.15, -0.1) is 0 Å². The number of piperazine rings is 1. The fourth-order valence-corrected chi connectivity index (χ4v) is 3.70. The molecular formula is C20H24N4O3. The number of nitrogens with zero attached hydrogens (tertiary/aromatic N) is 4. The highest BCUT2D eigenvalue weighted by Gasteiger charge is 2.27. The van der Waals surface area contributed by atoms with Crippen molar-refractivity contribution in [1.29, 1.82) is 0 Å². The van der Waals surface area contributed by atoms with Gasteiger partial charge in [-0.25, -0.2) is 4.98 Å². The molecule has 7 heteroatoms. The fourth-order valence-electron chi connectivity index (χ4n) is 3.70. The Balaban J connectivity index is 1.38. The number of furan rings is 1. The minimum Gasteiger partial charge on any atom is -0.459 e. The van der Waals surface area contributed by atoms with Crippen LogP contribution in [0.5, 0.6) is 0 Å². The highest BCUT2D eigenvalue weighted by Crippen LogP contribution is 2.20. The number of anilines is 1. The van der Waals surface area contributed by atoms with Crippen molar-refractivity contribution in [3.8, 4) is 0 Å². The first-order valence-electron chi connectivity index (χ1n) is 9.55. The highest BCUT2D eigenvalue weighted by molar-refractivity contribution is 5.95. The minimum atomic E-state index is -0.122. The van der Waals surface area contributed by atoms with E-state index in [1.807, 2.05) is 6.07 Å². The van der Waals surface area contributed by atoms with Crippen LogP contribution in [0.2, 0.25) is 0 Å². The predicted molar refractivity (Wildman–Crippen MR) is 101 cm³/mol. The van der Waals surface area contributed by atoms with Gasteiger partial charge in [0.1, 0.15) is 5.82 Å². The zero-order valence-electron chi connectivity index (χ0n) is 15.3. The van der Waals surface area contributed by atoms with E-state index in [2.05, 4.69) is 9.88 Å². The van der Waals surface area contributed by atoms with Crippen LogP contribution in [0.25, 0.3) is 0 Å². The van der Waals surface area contributed by atoms with Crippen LogP contribution in [-0.4, -0.2) is 65.9 Å². The summed E-state index contributed by atoms with van der Waals surface area (Å²) in [5, 5.41) is 0. The molecule has 0 atom stereocenters. The molecule has 0 unspecified atom stereocenters. The maximum Gasteiger partial charge on any atom is 0.289 e. The smallest absolute Gasteiger partial charge is 0.289 e. The quantitative estimate of drug-likeness (QED) is 0.831. The van der Waals surface area contributed by atoms with E-state index in [4.69, 9.17) is 4.42 Å². The van der Waals surface area contributed by atoms with Gasteiger partial charge in [-0.3, -0.25) is 9.59 Å². The van der Waals surface area contributed by atoms with Gasteiger partial charge >= 0.3 is 0 Å². The van der Waals surface area contributed by atoms with Gasteiger partial charge in [0, 0.05) is 51.0 Å². The Kier molecular flexibility index (Phi) is 5.09. The molecule has 0 N–H and O–H groups in total. The average molecular weight is 368 g/mol. The summed E-state index contributed by atoms with van der Waals surface area (Å²) in [6, 6.07) is 7.04. The second-order valence-electron chi connectivity index (χ2n) is 7.01. The number of amides is 2. The standard InChI is InChI=1S/C20H24N4O3/c25-19(16-6-7-21-18(15-16)22-8-2-1-3-9-22)23-10-12-24(13-11-23)20(26)17-5-4-14-27-17/h4-7,14-15H,1-3,8-13H2. The molecule has 2 aromatic heterocycles. The Morgan fingerprint density at radius 3 is 2.26 bits per heavy atom. The molecule has 4 rings (SSSR count). The summed E-state index contributed by atoms with van der Waals surface area (Å²) >= 11 is 0. The second kappa shape index (κ2) is 7.82. The van der Waals surface area contributed by atoms with Crippen molar-refractivity contribution in [2.45, 2.75) is 19.3 Å². The first-order chi connectivity index (χ1) is 13.2. The SMILES string of the molecule is O=C(c1ccnc(N2CCCCC2)c1)N1CCN(C(=O)c2ccco2)CC1. The van der Waals surface area contributed by atoms with E-state index in [1.54, 1.807) is 34.2 Å². The van der Waals surface area contributed by atoms with Gasteiger partial charge in [-0.05, 0) is 43.5 Å². The van der Waals surface area contributed by atoms with E-state index in [0.29, 0.717) is 37.5 Å². The summed E-state index contributed by atoms with van der Waals surface area (Å²) in [4.78, 5) is 35.5. The summed E-state index contributed by atoms with van der Waals surface area (Å²) in [6.45, 7) is 4.06. The lowest BCUT2D eigenvalue weighted by Gasteiger charge is -2.34. The molecule has 2 aliphatic heterocycles. The third-order valence-corrected chi connectivity index (χ3v) is 5.26. The molecule has 0 radical (unpaired) electrons. The molecule has 7 nitrogen and oxygen atoms in total. The Morgan fingerprint density at radius 1 is 0.889 bits per heavy atom. The molecule has 0 aliphatic carbocycles. The molecule has 4 heterocycles. The number of aromatic nitrogens is 1. The van der Waals surface area contributed by atoms with Gasteiger partial charge in [0.15, 0.2) is 5.76 Å². The summed E-state index contributed by atoms with van der Waals surface area (Å²) in [5.41, 5.74) is 0.663. The third kappa shape index (κ3) is 3.82. The lowest BCUT2D eigenvalue weighted by Crippen LogP contribution is -2.50. The summed E-state index contributed by atoms with van der Waals surface area (Å²) in [7, 11) is 0. The van der Waals surface area contributed by atoms with Crippen LogP contribution >= 0.6 is 0 Å². The number of hydrogen-bond donors (Lipinski definition) is 0. The zero-order valence-corrected chi connectivity index (χ0v) is 15.3. The molecule has 2 fully saturated rings. The molecular weight excluding hydrogens is 344 g/mol. The van der Waals surface area contributed by atoms with E-state index >= 15 is 0 Å². The number of hydrogen-bond acceptors (Lipinski definition) is 5. The van der Waals surface area contributed by atoms with Crippen molar-refractivity contribution >= 4 is 17.6 Å². The van der Waals surface area contributed by atoms with Crippen LogP contribution in [0, 0.1) is 0 Å². The maximum absolute atomic E-state index is 12.9. The summed E-state index contributed by atoms with van der Waals surface area (Å²) in [5.74, 6) is 1.10. The van der Waals surface area contributed by atoms with Crippen LogP contribution in [0.4, 0.5) is 5.82 Å². The molecule has 2 aliphatic rings. The Labute approximate surface area is 158 Å². The van der Waals surface area contributed by atoms with Crippen molar-refractivity contribution in [3.05, 3.63) is 48.0 Å². The lowest BCUT2D eigenvalue weighted by molar-refractivity contribution is 0.0518. The molecule has 0 saturated carbocycles. The first kappa shape index (κ1) is 17.6. The van der Waals surface area contributed by atoms with Gasteiger partial charge in [-0.1, -0.05) is 0 Å². The largest absolute Gasteiger partial charge is 0.459 e. The molecule has 2 aromatic rings. The molecule has 27 heavy (non-hydrogen) atoms. The second-order valence-corrected chi connectivity index (χ2v) is 7.01. The molecule has 0 aromatic carbocycles. The fraction of sp³-hybridized carbons (Fsp3) is 0.450.